The van der Waals surface area contributed by atoms with Gasteiger partial charge in [-0.3, -0.25) is 0 Å². The lowest BCUT2D eigenvalue weighted by atomic mass is 9.77. The maximum atomic E-state index is 8.84. The molecule has 0 unspecified atom stereocenters. The second kappa shape index (κ2) is 3.89. The molecule has 1 aromatic carbocycles. The summed E-state index contributed by atoms with van der Waals surface area (Å²) in [6.07, 6.45) is 1.15. The Balaban J connectivity index is 3.08. The van der Waals surface area contributed by atoms with Crippen LogP contribution in [0.5, 0.6) is 0 Å². The summed E-state index contributed by atoms with van der Waals surface area (Å²) in [5, 5.41) is 28.7. The number of hydrogen-bond donors (Lipinski definition) is 3. The largest absolute Gasteiger partial charge is 0.489 e. The first-order valence-corrected chi connectivity index (χ1v) is 3.38. The average molecular weight is 165 g/mol. The molecule has 0 saturated carbocycles. The zero-order valence-corrected chi connectivity index (χ0v) is 6.25. The van der Waals surface area contributed by atoms with Crippen molar-refractivity contribution in [2.24, 2.45) is 5.16 Å². The van der Waals surface area contributed by atoms with Crippen LogP contribution in [0.25, 0.3) is 0 Å². The van der Waals surface area contributed by atoms with Crippen molar-refractivity contribution in [1.82, 2.24) is 0 Å². The minimum Gasteiger partial charge on any atom is -0.423 e. The molecule has 1 aromatic rings. The van der Waals surface area contributed by atoms with Crippen LogP contribution < -0.4 is 5.46 Å². The summed E-state index contributed by atoms with van der Waals surface area (Å²) < 4.78 is 0. The molecule has 0 spiro atoms. The number of nitrogens with zero attached hydrogens (tertiary/aromatic N) is 1. The van der Waals surface area contributed by atoms with E-state index in [1.54, 1.807) is 24.3 Å². The first-order chi connectivity index (χ1) is 5.75. The Morgan fingerprint density at radius 1 is 1.25 bits per heavy atom. The third-order valence-electron chi connectivity index (χ3n) is 1.47. The molecular formula is C7H8BNO3. The van der Waals surface area contributed by atoms with E-state index >= 15 is 0 Å². The second-order valence-electron chi connectivity index (χ2n) is 2.25. The van der Waals surface area contributed by atoms with Gasteiger partial charge in [-0.25, -0.2) is 0 Å². The van der Waals surface area contributed by atoms with E-state index in [9.17, 15) is 0 Å². The molecule has 0 aliphatic carbocycles. The molecule has 0 saturated heterocycles. The highest BCUT2D eigenvalue weighted by atomic mass is 16.4. The highest BCUT2D eigenvalue weighted by Gasteiger charge is 2.13. The zero-order valence-electron chi connectivity index (χ0n) is 6.25. The van der Waals surface area contributed by atoms with Gasteiger partial charge in [0, 0.05) is 0 Å². The molecule has 0 aromatic heterocycles. The van der Waals surface area contributed by atoms with E-state index in [2.05, 4.69) is 5.16 Å². The summed E-state index contributed by atoms with van der Waals surface area (Å²) in [5.41, 5.74) is 0.797. The molecule has 0 atom stereocenters. The lowest BCUT2D eigenvalue weighted by Crippen LogP contribution is -2.32. The summed E-state index contributed by atoms with van der Waals surface area (Å²) in [4.78, 5) is 0. The van der Waals surface area contributed by atoms with Crippen molar-refractivity contribution in [1.29, 1.82) is 0 Å². The van der Waals surface area contributed by atoms with E-state index in [4.69, 9.17) is 15.3 Å². The zero-order chi connectivity index (χ0) is 8.97. The number of benzene rings is 1. The molecule has 0 radical (unpaired) electrons. The molecule has 5 heteroatoms. The third kappa shape index (κ3) is 1.84. The fraction of sp³-hybridized carbons (Fsp3) is 0. The smallest absolute Gasteiger partial charge is 0.423 e. The Morgan fingerprint density at radius 3 is 2.50 bits per heavy atom. The Labute approximate surface area is 69.9 Å². The van der Waals surface area contributed by atoms with Gasteiger partial charge in [0.05, 0.1) is 6.21 Å². The highest BCUT2D eigenvalue weighted by molar-refractivity contribution is 6.60. The van der Waals surface area contributed by atoms with Crippen LogP contribution in [0.2, 0.25) is 0 Å². The molecule has 0 fully saturated rings. The summed E-state index contributed by atoms with van der Waals surface area (Å²) in [7, 11) is -1.54. The average Bonchev–Trinajstić information content (AvgIpc) is 2.05. The van der Waals surface area contributed by atoms with Crippen LogP contribution >= 0.6 is 0 Å². The minimum absolute atomic E-state index is 0.315. The van der Waals surface area contributed by atoms with Gasteiger partial charge in [-0.2, -0.15) is 0 Å². The van der Waals surface area contributed by atoms with Crippen LogP contribution in [0, 0.1) is 0 Å². The van der Waals surface area contributed by atoms with E-state index in [-0.39, 0.29) is 0 Å². The molecule has 0 aliphatic rings. The van der Waals surface area contributed by atoms with Crippen molar-refractivity contribution in [3.05, 3.63) is 29.8 Å². The predicted octanol–water partition coefficient (Wildman–Crippen LogP) is -0.826. The van der Waals surface area contributed by atoms with Crippen molar-refractivity contribution < 1.29 is 15.3 Å². The van der Waals surface area contributed by atoms with Crippen LogP contribution in [0.3, 0.4) is 0 Å². The van der Waals surface area contributed by atoms with Gasteiger partial charge in [0.1, 0.15) is 0 Å². The first-order valence-electron chi connectivity index (χ1n) is 3.38. The summed E-state index contributed by atoms with van der Waals surface area (Å²) in [5.74, 6) is 0. The van der Waals surface area contributed by atoms with Gasteiger partial charge in [-0.05, 0) is 11.0 Å². The normalized spacial score (nSPS) is 10.5. The number of oxime groups is 1. The monoisotopic (exact) mass is 165 g/mol. The molecule has 12 heavy (non-hydrogen) atoms. The SMILES string of the molecule is ON=Cc1ccccc1B(O)O. The highest BCUT2D eigenvalue weighted by Crippen LogP contribution is 1.92. The van der Waals surface area contributed by atoms with Crippen molar-refractivity contribution in [3.8, 4) is 0 Å². The lowest BCUT2D eigenvalue weighted by Gasteiger charge is -2.01. The van der Waals surface area contributed by atoms with Crippen molar-refractivity contribution in [2.45, 2.75) is 0 Å². The van der Waals surface area contributed by atoms with Crippen LogP contribution in [0.15, 0.2) is 29.4 Å². The van der Waals surface area contributed by atoms with E-state index in [1.165, 1.54) is 0 Å². The summed E-state index contributed by atoms with van der Waals surface area (Å²) >= 11 is 0. The van der Waals surface area contributed by atoms with Gasteiger partial charge in [-0.1, -0.05) is 29.4 Å². The second-order valence-corrected chi connectivity index (χ2v) is 2.25. The topological polar surface area (TPSA) is 73.1 Å². The molecular weight excluding hydrogens is 157 g/mol. The fourth-order valence-electron chi connectivity index (χ4n) is 0.926. The maximum Gasteiger partial charge on any atom is 0.489 e. The Hall–Kier alpha value is -1.33. The van der Waals surface area contributed by atoms with Crippen molar-refractivity contribution >= 4 is 18.8 Å². The van der Waals surface area contributed by atoms with Gasteiger partial charge in [0.15, 0.2) is 0 Å². The standard InChI is InChI=1S/C7H8BNO3/c10-8(11)7-4-2-1-3-6(7)5-9-12/h1-5,10-12H. The predicted molar refractivity (Wildman–Crippen MR) is 45.6 cm³/mol. The van der Waals surface area contributed by atoms with Crippen LogP contribution in [0.4, 0.5) is 0 Å². The van der Waals surface area contributed by atoms with Gasteiger partial charge >= 0.3 is 7.12 Å². The summed E-state index contributed by atoms with van der Waals surface area (Å²) in [6.45, 7) is 0. The minimum atomic E-state index is -1.54. The molecule has 3 N–H and O–H groups in total. The van der Waals surface area contributed by atoms with Gasteiger partial charge in [0.25, 0.3) is 0 Å². The Bertz CT molecular complexity index is 288. The summed E-state index contributed by atoms with van der Waals surface area (Å²) in [6, 6.07) is 6.54. The number of hydrogen-bond acceptors (Lipinski definition) is 4. The van der Waals surface area contributed by atoms with E-state index in [0.29, 0.717) is 11.0 Å². The lowest BCUT2D eigenvalue weighted by molar-refractivity contribution is 0.322. The van der Waals surface area contributed by atoms with Crippen LogP contribution in [-0.2, 0) is 0 Å². The molecule has 4 nitrogen and oxygen atoms in total. The quantitative estimate of drug-likeness (QED) is 0.232. The molecule has 0 bridgehead atoms. The third-order valence-corrected chi connectivity index (χ3v) is 1.47. The molecule has 1 rings (SSSR count). The van der Waals surface area contributed by atoms with Gasteiger partial charge in [0.2, 0.25) is 0 Å². The Kier molecular flexibility index (Phi) is 2.84. The first kappa shape index (κ1) is 8.77. The van der Waals surface area contributed by atoms with Crippen molar-refractivity contribution in [2.75, 3.05) is 0 Å². The van der Waals surface area contributed by atoms with Gasteiger partial charge < -0.3 is 15.3 Å². The van der Waals surface area contributed by atoms with E-state index in [0.717, 1.165) is 6.21 Å². The maximum absolute atomic E-state index is 8.84. The number of rotatable bonds is 2. The molecule has 0 amide bonds. The molecule has 62 valence electrons. The van der Waals surface area contributed by atoms with E-state index in [1.807, 2.05) is 0 Å². The van der Waals surface area contributed by atoms with Crippen molar-refractivity contribution in [3.63, 3.8) is 0 Å². The van der Waals surface area contributed by atoms with E-state index < -0.39 is 7.12 Å². The van der Waals surface area contributed by atoms with Crippen LogP contribution in [0.1, 0.15) is 5.56 Å². The van der Waals surface area contributed by atoms with Crippen LogP contribution in [-0.4, -0.2) is 28.6 Å². The fourth-order valence-corrected chi connectivity index (χ4v) is 0.926. The molecule has 0 aliphatic heterocycles. The molecule has 0 heterocycles. The van der Waals surface area contributed by atoms with Gasteiger partial charge in [-0.15, -0.1) is 0 Å². The Morgan fingerprint density at radius 2 is 1.92 bits per heavy atom.